The standard InChI is InChI=1S/C20H29N5O3S/c1-20(2,3)18(11-24-8-7-21-13-24)22-19(26)16-10-17(14-4-5-14)25(23-16)15-6-9-29(27,28)12-15/h7-8,10,13-15,18H,4-6,9,11-12H2,1-3H3,(H,22,26)/t15-,18+/m0/s1. The summed E-state index contributed by atoms with van der Waals surface area (Å²) < 4.78 is 27.6. The average molecular weight is 420 g/mol. The van der Waals surface area contributed by atoms with Gasteiger partial charge in [-0.05, 0) is 30.7 Å². The van der Waals surface area contributed by atoms with Crippen molar-refractivity contribution in [2.75, 3.05) is 11.5 Å². The van der Waals surface area contributed by atoms with Crippen molar-refractivity contribution in [3.05, 3.63) is 36.2 Å². The minimum absolute atomic E-state index is 0.106. The van der Waals surface area contributed by atoms with Gasteiger partial charge in [-0.1, -0.05) is 20.8 Å². The van der Waals surface area contributed by atoms with Crippen LogP contribution in [0.5, 0.6) is 0 Å². The molecule has 1 aliphatic carbocycles. The highest BCUT2D eigenvalue weighted by Crippen LogP contribution is 2.42. The fourth-order valence-electron chi connectivity index (χ4n) is 3.84. The summed E-state index contributed by atoms with van der Waals surface area (Å²) in [4.78, 5) is 17.1. The van der Waals surface area contributed by atoms with Gasteiger partial charge in [0, 0.05) is 30.6 Å². The fourth-order valence-corrected chi connectivity index (χ4v) is 5.53. The fraction of sp³-hybridized carbons (Fsp3) is 0.650. The predicted octanol–water partition coefficient (Wildman–Crippen LogP) is 2.16. The largest absolute Gasteiger partial charge is 0.346 e. The van der Waals surface area contributed by atoms with Gasteiger partial charge in [0.25, 0.3) is 5.91 Å². The minimum Gasteiger partial charge on any atom is -0.346 e. The van der Waals surface area contributed by atoms with E-state index >= 15 is 0 Å². The molecule has 0 spiro atoms. The van der Waals surface area contributed by atoms with E-state index < -0.39 is 9.84 Å². The molecular formula is C20H29N5O3S. The van der Waals surface area contributed by atoms with E-state index in [4.69, 9.17) is 0 Å². The molecule has 1 N–H and O–H groups in total. The normalized spacial score (nSPS) is 22.5. The Morgan fingerprint density at radius 1 is 1.31 bits per heavy atom. The van der Waals surface area contributed by atoms with Gasteiger partial charge in [0.05, 0.1) is 29.9 Å². The van der Waals surface area contributed by atoms with Crippen LogP contribution in [-0.4, -0.2) is 51.2 Å². The van der Waals surface area contributed by atoms with Crippen molar-refractivity contribution in [3.8, 4) is 0 Å². The molecule has 2 aliphatic rings. The Bertz CT molecular complexity index is 984. The van der Waals surface area contributed by atoms with Crippen LogP contribution in [0.3, 0.4) is 0 Å². The lowest BCUT2D eigenvalue weighted by atomic mass is 9.86. The van der Waals surface area contributed by atoms with E-state index in [1.807, 2.05) is 21.5 Å². The quantitative estimate of drug-likeness (QED) is 0.774. The molecular weight excluding hydrogens is 390 g/mol. The highest BCUT2D eigenvalue weighted by Gasteiger charge is 2.36. The Balaban J connectivity index is 1.55. The molecule has 2 aromatic heterocycles. The predicted molar refractivity (Wildman–Crippen MR) is 109 cm³/mol. The second kappa shape index (κ2) is 7.27. The summed E-state index contributed by atoms with van der Waals surface area (Å²) in [5, 5.41) is 7.71. The van der Waals surface area contributed by atoms with Crippen molar-refractivity contribution < 1.29 is 13.2 Å². The monoisotopic (exact) mass is 419 g/mol. The zero-order chi connectivity index (χ0) is 20.8. The number of nitrogens with zero attached hydrogens (tertiary/aromatic N) is 4. The van der Waals surface area contributed by atoms with Crippen LogP contribution in [0, 0.1) is 5.41 Å². The first-order chi connectivity index (χ1) is 13.6. The number of aromatic nitrogens is 4. The lowest BCUT2D eigenvalue weighted by Gasteiger charge is -2.31. The molecule has 9 heteroatoms. The summed E-state index contributed by atoms with van der Waals surface area (Å²) in [7, 11) is -3.01. The van der Waals surface area contributed by atoms with Gasteiger partial charge in [-0.3, -0.25) is 9.48 Å². The van der Waals surface area contributed by atoms with Crippen LogP contribution in [0.25, 0.3) is 0 Å². The van der Waals surface area contributed by atoms with E-state index in [0.717, 1.165) is 18.5 Å². The molecule has 1 saturated carbocycles. The van der Waals surface area contributed by atoms with Crippen molar-refractivity contribution >= 4 is 15.7 Å². The molecule has 158 valence electrons. The van der Waals surface area contributed by atoms with E-state index in [9.17, 15) is 13.2 Å². The number of sulfone groups is 1. The maximum absolute atomic E-state index is 13.1. The van der Waals surface area contributed by atoms with E-state index in [0.29, 0.717) is 24.6 Å². The number of hydrogen-bond donors (Lipinski definition) is 1. The van der Waals surface area contributed by atoms with E-state index in [-0.39, 0.29) is 34.9 Å². The Labute approximate surface area is 171 Å². The number of imidazole rings is 1. The maximum atomic E-state index is 13.1. The molecule has 1 aliphatic heterocycles. The van der Waals surface area contributed by atoms with E-state index in [1.165, 1.54) is 0 Å². The van der Waals surface area contributed by atoms with Gasteiger partial charge in [0.2, 0.25) is 0 Å². The molecule has 1 amide bonds. The third kappa shape index (κ3) is 4.55. The second-order valence-corrected chi connectivity index (χ2v) is 11.6. The van der Waals surface area contributed by atoms with Crippen LogP contribution in [0.1, 0.15) is 68.2 Å². The summed E-state index contributed by atoms with van der Waals surface area (Å²) in [6.07, 6.45) is 8.04. The number of carbonyl (C=O) groups is 1. The van der Waals surface area contributed by atoms with Crippen LogP contribution < -0.4 is 5.32 Å². The van der Waals surface area contributed by atoms with Gasteiger partial charge >= 0.3 is 0 Å². The number of nitrogens with one attached hydrogen (secondary N) is 1. The molecule has 2 atom stereocenters. The van der Waals surface area contributed by atoms with Crippen molar-refractivity contribution in [1.82, 2.24) is 24.6 Å². The first kappa shape index (κ1) is 20.1. The molecule has 0 radical (unpaired) electrons. The van der Waals surface area contributed by atoms with Gasteiger partial charge < -0.3 is 9.88 Å². The Hall–Kier alpha value is -2.16. The molecule has 2 aromatic rings. The smallest absolute Gasteiger partial charge is 0.272 e. The van der Waals surface area contributed by atoms with Crippen molar-refractivity contribution in [2.45, 2.75) is 64.6 Å². The van der Waals surface area contributed by atoms with Crippen molar-refractivity contribution in [3.63, 3.8) is 0 Å². The Kier molecular flexibility index (Phi) is 5.04. The van der Waals surface area contributed by atoms with Crippen LogP contribution in [0.4, 0.5) is 0 Å². The molecule has 0 aromatic carbocycles. The number of rotatable bonds is 6. The molecule has 4 rings (SSSR count). The van der Waals surface area contributed by atoms with Crippen molar-refractivity contribution in [1.29, 1.82) is 0 Å². The number of amides is 1. The summed E-state index contributed by atoms with van der Waals surface area (Å²) in [6.45, 7) is 6.89. The lowest BCUT2D eigenvalue weighted by Crippen LogP contribution is -2.46. The van der Waals surface area contributed by atoms with Gasteiger partial charge in [-0.15, -0.1) is 0 Å². The summed E-state index contributed by atoms with van der Waals surface area (Å²) in [5.41, 5.74) is 1.22. The number of hydrogen-bond acceptors (Lipinski definition) is 5. The molecule has 2 fully saturated rings. The van der Waals surface area contributed by atoms with Gasteiger partial charge in [-0.2, -0.15) is 5.10 Å². The molecule has 1 saturated heterocycles. The second-order valence-electron chi connectivity index (χ2n) is 9.38. The maximum Gasteiger partial charge on any atom is 0.272 e. The van der Waals surface area contributed by atoms with Gasteiger partial charge in [0.15, 0.2) is 9.84 Å². The summed E-state index contributed by atoms with van der Waals surface area (Å²) in [6, 6.07) is 1.58. The zero-order valence-electron chi connectivity index (χ0n) is 17.2. The average Bonchev–Trinajstić information content (AvgIpc) is 3.04. The Morgan fingerprint density at radius 2 is 2.07 bits per heavy atom. The summed E-state index contributed by atoms with van der Waals surface area (Å²) >= 11 is 0. The van der Waals surface area contributed by atoms with Gasteiger partial charge in [0.1, 0.15) is 5.69 Å². The van der Waals surface area contributed by atoms with Crippen LogP contribution in [0.2, 0.25) is 0 Å². The summed E-state index contributed by atoms with van der Waals surface area (Å²) in [5.74, 6) is 0.476. The third-order valence-corrected chi connectivity index (χ3v) is 7.60. The van der Waals surface area contributed by atoms with E-state index in [2.05, 4.69) is 36.2 Å². The zero-order valence-corrected chi connectivity index (χ0v) is 18.0. The first-order valence-electron chi connectivity index (χ1n) is 10.2. The topological polar surface area (TPSA) is 98.9 Å². The molecule has 3 heterocycles. The highest BCUT2D eigenvalue weighted by molar-refractivity contribution is 7.91. The Morgan fingerprint density at radius 3 is 2.62 bits per heavy atom. The van der Waals surface area contributed by atoms with Crippen LogP contribution >= 0.6 is 0 Å². The third-order valence-electron chi connectivity index (χ3n) is 5.85. The first-order valence-corrected chi connectivity index (χ1v) is 12.0. The molecule has 0 bridgehead atoms. The van der Waals surface area contributed by atoms with Gasteiger partial charge in [-0.25, -0.2) is 13.4 Å². The van der Waals surface area contributed by atoms with E-state index in [1.54, 1.807) is 12.5 Å². The minimum atomic E-state index is -3.01. The lowest BCUT2D eigenvalue weighted by molar-refractivity contribution is 0.0886. The number of carbonyl (C=O) groups excluding carboxylic acids is 1. The molecule has 29 heavy (non-hydrogen) atoms. The van der Waals surface area contributed by atoms with Crippen LogP contribution in [-0.2, 0) is 16.4 Å². The highest BCUT2D eigenvalue weighted by atomic mass is 32.2. The van der Waals surface area contributed by atoms with Crippen molar-refractivity contribution in [2.24, 2.45) is 5.41 Å². The molecule has 8 nitrogen and oxygen atoms in total. The SMILES string of the molecule is CC(C)(C)[C@@H](Cn1ccnc1)NC(=O)c1cc(C2CC2)n([C@H]2CCS(=O)(=O)C2)n1. The van der Waals surface area contributed by atoms with Crippen LogP contribution in [0.15, 0.2) is 24.8 Å². The molecule has 0 unspecified atom stereocenters.